The molecule has 2 aliphatic rings. The van der Waals surface area contributed by atoms with Crippen LogP contribution in [0.15, 0.2) is 0 Å². The summed E-state index contributed by atoms with van der Waals surface area (Å²) in [5.74, 6) is 1.41. The van der Waals surface area contributed by atoms with Crippen molar-refractivity contribution in [3.63, 3.8) is 0 Å². The predicted octanol–water partition coefficient (Wildman–Crippen LogP) is -0.192. The second-order valence-corrected chi connectivity index (χ2v) is 5.56. The molecule has 0 radical (unpaired) electrons. The summed E-state index contributed by atoms with van der Waals surface area (Å²) in [7, 11) is 1.64. The zero-order valence-electron chi connectivity index (χ0n) is 11.2. The molecule has 1 saturated carbocycles. The van der Waals surface area contributed by atoms with Crippen LogP contribution in [0.1, 0.15) is 19.3 Å². The van der Waals surface area contributed by atoms with Crippen molar-refractivity contribution in [3.8, 4) is 0 Å². The third-order valence-corrected chi connectivity index (χ3v) is 4.23. The molecule has 1 heterocycles. The van der Waals surface area contributed by atoms with Crippen LogP contribution in [0.4, 0.5) is 0 Å². The van der Waals surface area contributed by atoms with Crippen LogP contribution >= 0.6 is 0 Å². The van der Waals surface area contributed by atoms with Gasteiger partial charge in [-0.2, -0.15) is 0 Å². The molecule has 3 atom stereocenters. The average molecular weight is 255 g/mol. The minimum Gasteiger partial charge on any atom is -0.383 e. The summed E-state index contributed by atoms with van der Waals surface area (Å²) in [5, 5.41) is 2.87. The van der Waals surface area contributed by atoms with Crippen LogP contribution in [-0.4, -0.2) is 56.7 Å². The predicted molar refractivity (Wildman–Crippen MR) is 70.1 cm³/mol. The zero-order valence-corrected chi connectivity index (χ0v) is 11.2. The third-order valence-electron chi connectivity index (χ3n) is 4.23. The standard InChI is InChI=1S/C13H25N3O2/c1-18-6-5-15-13(17)9-16-7-10-3-2-4-12(14)11(10)8-16/h10-12H,2-9,14H2,1H3,(H,15,17). The maximum atomic E-state index is 11.7. The Morgan fingerprint density at radius 1 is 1.44 bits per heavy atom. The normalized spacial score (nSPS) is 32.2. The fraction of sp³-hybridized carbons (Fsp3) is 0.923. The van der Waals surface area contributed by atoms with Crippen LogP contribution in [0.2, 0.25) is 0 Å². The molecule has 5 heteroatoms. The van der Waals surface area contributed by atoms with E-state index in [0.717, 1.165) is 19.5 Å². The number of nitrogens with one attached hydrogen (secondary N) is 1. The van der Waals surface area contributed by atoms with Gasteiger partial charge in [-0.25, -0.2) is 0 Å². The number of likely N-dealkylation sites (tertiary alicyclic amines) is 1. The average Bonchev–Trinajstić information content (AvgIpc) is 2.73. The lowest BCUT2D eigenvalue weighted by molar-refractivity contribution is -0.122. The lowest BCUT2D eigenvalue weighted by atomic mass is 9.78. The second kappa shape index (κ2) is 6.50. The van der Waals surface area contributed by atoms with Crippen molar-refractivity contribution in [3.05, 3.63) is 0 Å². The summed E-state index contributed by atoms with van der Waals surface area (Å²) in [6.07, 6.45) is 3.67. The Labute approximate surface area is 109 Å². The van der Waals surface area contributed by atoms with Crippen molar-refractivity contribution in [1.29, 1.82) is 0 Å². The molecule has 18 heavy (non-hydrogen) atoms. The van der Waals surface area contributed by atoms with Gasteiger partial charge < -0.3 is 15.8 Å². The van der Waals surface area contributed by atoms with Gasteiger partial charge in [-0.05, 0) is 24.7 Å². The molecule has 0 aromatic heterocycles. The third kappa shape index (κ3) is 3.43. The molecule has 1 aliphatic heterocycles. The van der Waals surface area contributed by atoms with Gasteiger partial charge in [0.05, 0.1) is 13.2 Å². The Kier molecular flexibility index (Phi) is 4.97. The first-order chi connectivity index (χ1) is 8.70. The first-order valence-electron chi connectivity index (χ1n) is 6.94. The molecule has 0 aromatic rings. The van der Waals surface area contributed by atoms with Crippen LogP contribution in [-0.2, 0) is 9.53 Å². The maximum absolute atomic E-state index is 11.7. The molecule has 1 amide bonds. The second-order valence-electron chi connectivity index (χ2n) is 5.56. The fourth-order valence-electron chi connectivity index (χ4n) is 3.29. The minimum atomic E-state index is 0.0965. The molecule has 1 saturated heterocycles. The van der Waals surface area contributed by atoms with Crippen LogP contribution in [0, 0.1) is 11.8 Å². The molecule has 0 spiro atoms. The fourth-order valence-corrected chi connectivity index (χ4v) is 3.29. The van der Waals surface area contributed by atoms with Crippen molar-refractivity contribution in [2.24, 2.45) is 17.6 Å². The van der Waals surface area contributed by atoms with Crippen LogP contribution < -0.4 is 11.1 Å². The summed E-state index contributed by atoms with van der Waals surface area (Å²) < 4.78 is 4.91. The van der Waals surface area contributed by atoms with E-state index in [0.29, 0.717) is 37.6 Å². The van der Waals surface area contributed by atoms with E-state index in [1.807, 2.05) is 0 Å². The van der Waals surface area contributed by atoms with Crippen molar-refractivity contribution < 1.29 is 9.53 Å². The maximum Gasteiger partial charge on any atom is 0.234 e. The summed E-state index contributed by atoms with van der Waals surface area (Å²) in [5.41, 5.74) is 6.17. The number of methoxy groups -OCH3 is 1. The Bertz CT molecular complexity index is 285. The monoisotopic (exact) mass is 255 g/mol. The molecule has 3 unspecified atom stereocenters. The molecule has 5 nitrogen and oxygen atoms in total. The van der Waals surface area contributed by atoms with Gasteiger partial charge in [0, 0.05) is 32.8 Å². The topological polar surface area (TPSA) is 67.6 Å². The summed E-state index contributed by atoms with van der Waals surface area (Å²) in [6.45, 7) is 3.69. The van der Waals surface area contributed by atoms with Gasteiger partial charge >= 0.3 is 0 Å². The molecule has 2 rings (SSSR count). The van der Waals surface area contributed by atoms with Gasteiger partial charge in [-0.1, -0.05) is 6.42 Å². The summed E-state index contributed by atoms with van der Waals surface area (Å²) >= 11 is 0. The molecule has 3 N–H and O–H groups in total. The van der Waals surface area contributed by atoms with Crippen LogP contribution in [0.5, 0.6) is 0 Å². The lowest BCUT2D eigenvalue weighted by Gasteiger charge is -2.29. The molecular weight excluding hydrogens is 230 g/mol. The first-order valence-corrected chi connectivity index (χ1v) is 6.94. The smallest absolute Gasteiger partial charge is 0.234 e. The molecule has 104 valence electrons. The van der Waals surface area contributed by atoms with Crippen molar-refractivity contribution in [2.45, 2.75) is 25.3 Å². The highest BCUT2D eigenvalue weighted by Gasteiger charge is 2.38. The molecule has 2 fully saturated rings. The van der Waals surface area contributed by atoms with Gasteiger partial charge in [0.2, 0.25) is 5.91 Å². The highest BCUT2D eigenvalue weighted by Crippen LogP contribution is 2.35. The Morgan fingerprint density at radius 3 is 3.00 bits per heavy atom. The van der Waals surface area contributed by atoms with E-state index in [-0.39, 0.29) is 5.91 Å². The number of ether oxygens (including phenoxy) is 1. The number of carbonyl (C=O) groups excluding carboxylic acids is 1. The Hall–Kier alpha value is -0.650. The zero-order chi connectivity index (χ0) is 13.0. The SMILES string of the molecule is COCCNC(=O)CN1CC2CCCC(N)C2C1. The molecular formula is C13H25N3O2. The van der Waals surface area contributed by atoms with E-state index >= 15 is 0 Å². The van der Waals surface area contributed by atoms with Gasteiger partial charge in [0.1, 0.15) is 0 Å². The first kappa shape index (κ1) is 13.8. The number of rotatable bonds is 5. The van der Waals surface area contributed by atoms with Gasteiger partial charge in [-0.3, -0.25) is 9.69 Å². The molecule has 0 aromatic carbocycles. The van der Waals surface area contributed by atoms with E-state index in [1.165, 1.54) is 12.8 Å². The van der Waals surface area contributed by atoms with Gasteiger partial charge in [0.25, 0.3) is 0 Å². The van der Waals surface area contributed by atoms with E-state index in [2.05, 4.69) is 10.2 Å². The molecule has 1 aliphatic carbocycles. The van der Waals surface area contributed by atoms with Crippen molar-refractivity contribution in [1.82, 2.24) is 10.2 Å². The number of nitrogens with two attached hydrogens (primary N) is 1. The van der Waals surface area contributed by atoms with Crippen molar-refractivity contribution >= 4 is 5.91 Å². The lowest BCUT2D eigenvalue weighted by Crippen LogP contribution is -2.39. The number of amides is 1. The van der Waals surface area contributed by atoms with Gasteiger partial charge in [-0.15, -0.1) is 0 Å². The van der Waals surface area contributed by atoms with E-state index in [1.54, 1.807) is 7.11 Å². The number of hydrogen-bond donors (Lipinski definition) is 2. The Balaban J connectivity index is 1.73. The van der Waals surface area contributed by atoms with E-state index in [4.69, 9.17) is 10.5 Å². The largest absolute Gasteiger partial charge is 0.383 e. The summed E-state index contributed by atoms with van der Waals surface area (Å²) in [6, 6.07) is 0.338. The van der Waals surface area contributed by atoms with Crippen molar-refractivity contribution in [2.75, 3.05) is 39.9 Å². The minimum absolute atomic E-state index is 0.0965. The van der Waals surface area contributed by atoms with Crippen LogP contribution in [0.3, 0.4) is 0 Å². The highest BCUT2D eigenvalue weighted by molar-refractivity contribution is 5.78. The summed E-state index contributed by atoms with van der Waals surface area (Å²) in [4.78, 5) is 14.0. The van der Waals surface area contributed by atoms with E-state index < -0.39 is 0 Å². The number of nitrogens with zero attached hydrogens (tertiary/aromatic N) is 1. The number of fused-ring (bicyclic) bond motifs is 1. The quantitative estimate of drug-likeness (QED) is 0.668. The number of hydrogen-bond acceptors (Lipinski definition) is 4. The van der Waals surface area contributed by atoms with Gasteiger partial charge in [0.15, 0.2) is 0 Å². The number of carbonyl (C=O) groups is 1. The van der Waals surface area contributed by atoms with Crippen LogP contribution in [0.25, 0.3) is 0 Å². The van der Waals surface area contributed by atoms with E-state index in [9.17, 15) is 4.79 Å². The molecule has 0 bridgehead atoms. The Morgan fingerprint density at radius 2 is 2.28 bits per heavy atom. The highest BCUT2D eigenvalue weighted by atomic mass is 16.5.